The van der Waals surface area contributed by atoms with Crippen LogP contribution in [0.4, 0.5) is 11.4 Å². The quantitative estimate of drug-likeness (QED) is 0.734. The zero-order valence-corrected chi connectivity index (χ0v) is 17.4. The van der Waals surface area contributed by atoms with E-state index >= 15 is 0 Å². The fourth-order valence-corrected chi connectivity index (χ4v) is 3.89. The molecular formula is C25H28N4O. The van der Waals surface area contributed by atoms with E-state index in [2.05, 4.69) is 64.3 Å². The fourth-order valence-electron chi connectivity index (χ4n) is 3.89. The summed E-state index contributed by atoms with van der Waals surface area (Å²) >= 11 is 0. The van der Waals surface area contributed by atoms with Crippen molar-refractivity contribution in [3.05, 3.63) is 85.2 Å². The second kappa shape index (κ2) is 9.55. The van der Waals surface area contributed by atoms with E-state index in [4.69, 9.17) is 9.73 Å². The predicted molar refractivity (Wildman–Crippen MR) is 125 cm³/mol. The number of aliphatic imine (C=N–C) groups is 1. The lowest BCUT2D eigenvalue weighted by molar-refractivity contribution is 0.122. The van der Waals surface area contributed by atoms with Crippen molar-refractivity contribution in [2.45, 2.75) is 6.92 Å². The van der Waals surface area contributed by atoms with Gasteiger partial charge in [0, 0.05) is 54.3 Å². The van der Waals surface area contributed by atoms with E-state index in [0.717, 1.165) is 49.1 Å². The van der Waals surface area contributed by atoms with Gasteiger partial charge in [0.05, 0.1) is 18.9 Å². The Morgan fingerprint density at radius 3 is 2.63 bits per heavy atom. The van der Waals surface area contributed by atoms with Gasteiger partial charge in [-0.2, -0.15) is 0 Å². The summed E-state index contributed by atoms with van der Waals surface area (Å²) in [5, 5.41) is 3.54. The Hall–Kier alpha value is -3.18. The normalized spacial score (nSPS) is 21.8. The zero-order valence-electron chi connectivity index (χ0n) is 17.4. The maximum absolute atomic E-state index is 5.45. The number of nitrogens with zero attached hydrogens (tertiary/aromatic N) is 3. The number of rotatable bonds is 5. The molecule has 30 heavy (non-hydrogen) atoms. The Labute approximate surface area is 178 Å². The van der Waals surface area contributed by atoms with E-state index in [-0.39, 0.29) is 11.8 Å². The van der Waals surface area contributed by atoms with Gasteiger partial charge >= 0.3 is 0 Å². The third-order valence-corrected chi connectivity index (χ3v) is 5.46. The number of morpholine rings is 1. The SMILES string of the molecule is C=CC1C(Nc2ccc(N3CCOCC3)cc2)=NC(c2cccnc2)=CC1/C=C\C. The van der Waals surface area contributed by atoms with Gasteiger partial charge in [0.25, 0.3) is 0 Å². The van der Waals surface area contributed by atoms with Gasteiger partial charge in [-0.1, -0.05) is 24.3 Å². The Morgan fingerprint density at radius 2 is 1.97 bits per heavy atom. The van der Waals surface area contributed by atoms with Crippen LogP contribution in [0, 0.1) is 11.8 Å². The van der Waals surface area contributed by atoms with Crippen LogP contribution in [0.25, 0.3) is 5.70 Å². The first-order chi connectivity index (χ1) is 14.8. The summed E-state index contributed by atoms with van der Waals surface area (Å²) in [7, 11) is 0. The average molecular weight is 401 g/mol. The van der Waals surface area contributed by atoms with Gasteiger partial charge in [0.2, 0.25) is 0 Å². The molecule has 1 N–H and O–H groups in total. The number of nitrogens with one attached hydrogen (secondary N) is 1. The first-order valence-electron chi connectivity index (χ1n) is 10.4. The summed E-state index contributed by atoms with van der Waals surface area (Å²) in [5.41, 5.74) is 4.18. The third kappa shape index (κ3) is 4.52. The highest BCUT2D eigenvalue weighted by Crippen LogP contribution is 2.31. The standard InChI is InChI=1S/C25H28N4O/c1-3-6-19-17-24(20-7-5-12-26-18-20)28-25(23(19)4-2)27-21-8-10-22(11-9-21)29-13-15-30-16-14-29/h3-12,17-19,23H,2,13-16H2,1H3,(H,27,28)/b6-3-. The molecule has 0 aliphatic carbocycles. The van der Waals surface area contributed by atoms with Crippen molar-refractivity contribution >= 4 is 22.9 Å². The van der Waals surface area contributed by atoms with Crippen LogP contribution in [-0.2, 0) is 4.74 Å². The Balaban J connectivity index is 1.59. The number of benzene rings is 1. The van der Waals surface area contributed by atoms with Gasteiger partial charge < -0.3 is 15.0 Å². The van der Waals surface area contributed by atoms with Crippen LogP contribution in [0.15, 0.2) is 84.7 Å². The molecule has 5 nitrogen and oxygen atoms in total. The number of aromatic nitrogens is 1. The van der Waals surface area contributed by atoms with Gasteiger partial charge in [-0.3, -0.25) is 4.98 Å². The number of pyridine rings is 1. The molecule has 1 saturated heterocycles. The molecular weight excluding hydrogens is 372 g/mol. The highest BCUT2D eigenvalue weighted by molar-refractivity contribution is 6.03. The molecule has 0 radical (unpaired) electrons. The minimum atomic E-state index is 0.0838. The van der Waals surface area contributed by atoms with Crippen molar-refractivity contribution < 1.29 is 4.74 Å². The molecule has 2 unspecified atom stereocenters. The van der Waals surface area contributed by atoms with Crippen molar-refractivity contribution in [3.8, 4) is 0 Å². The van der Waals surface area contributed by atoms with Gasteiger partial charge in [-0.05, 0) is 43.3 Å². The minimum Gasteiger partial charge on any atom is -0.378 e. The van der Waals surface area contributed by atoms with Crippen LogP contribution < -0.4 is 10.2 Å². The lowest BCUT2D eigenvalue weighted by Crippen LogP contribution is -2.36. The Kier molecular flexibility index (Phi) is 6.40. The van der Waals surface area contributed by atoms with E-state index in [9.17, 15) is 0 Å². The van der Waals surface area contributed by atoms with Crippen molar-refractivity contribution in [2.24, 2.45) is 16.8 Å². The molecule has 1 fully saturated rings. The number of hydrogen-bond donors (Lipinski definition) is 1. The second-order valence-corrected chi connectivity index (χ2v) is 7.43. The second-order valence-electron chi connectivity index (χ2n) is 7.43. The van der Waals surface area contributed by atoms with Gasteiger partial charge in [0.1, 0.15) is 5.84 Å². The van der Waals surface area contributed by atoms with E-state index in [1.165, 1.54) is 5.69 Å². The summed E-state index contributed by atoms with van der Waals surface area (Å²) in [6, 6.07) is 12.5. The summed E-state index contributed by atoms with van der Waals surface area (Å²) in [6.07, 6.45) is 12.1. The molecule has 5 heteroatoms. The maximum Gasteiger partial charge on any atom is 0.114 e. The molecule has 2 aliphatic rings. The molecule has 0 bridgehead atoms. The van der Waals surface area contributed by atoms with Crippen molar-refractivity contribution in [3.63, 3.8) is 0 Å². The minimum absolute atomic E-state index is 0.0838. The predicted octanol–water partition coefficient (Wildman–Crippen LogP) is 4.78. The summed E-state index contributed by atoms with van der Waals surface area (Å²) in [5.74, 6) is 1.17. The monoisotopic (exact) mass is 400 g/mol. The molecule has 0 spiro atoms. The number of ether oxygens (including phenoxy) is 1. The number of hydrogen-bond acceptors (Lipinski definition) is 5. The average Bonchev–Trinajstić information content (AvgIpc) is 2.81. The van der Waals surface area contributed by atoms with E-state index in [1.807, 2.05) is 31.3 Å². The first-order valence-corrected chi connectivity index (χ1v) is 10.4. The van der Waals surface area contributed by atoms with Gasteiger partial charge in [0.15, 0.2) is 0 Å². The van der Waals surface area contributed by atoms with Crippen LogP contribution in [-0.4, -0.2) is 37.1 Å². The van der Waals surface area contributed by atoms with Crippen LogP contribution in [0.2, 0.25) is 0 Å². The highest BCUT2D eigenvalue weighted by Gasteiger charge is 2.26. The lowest BCUT2D eigenvalue weighted by Gasteiger charge is -2.29. The fraction of sp³-hybridized carbons (Fsp3) is 0.280. The van der Waals surface area contributed by atoms with Crippen molar-refractivity contribution in [1.29, 1.82) is 0 Å². The zero-order chi connectivity index (χ0) is 20.8. The molecule has 4 rings (SSSR count). The lowest BCUT2D eigenvalue weighted by atomic mass is 9.86. The Morgan fingerprint density at radius 1 is 1.17 bits per heavy atom. The molecule has 2 aromatic rings. The summed E-state index contributed by atoms with van der Waals surface area (Å²) in [6.45, 7) is 9.55. The third-order valence-electron chi connectivity index (χ3n) is 5.46. The molecule has 2 atom stereocenters. The molecule has 154 valence electrons. The summed E-state index contributed by atoms with van der Waals surface area (Å²) in [4.78, 5) is 11.5. The maximum atomic E-state index is 5.45. The topological polar surface area (TPSA) is 49.8 Å². The number of allylic oxidation sites excluding steroid dienone is 3. The Bertz CT molecular complexity index is 941. The van der Waals surface area contributed by atoms with E-state index in [0.29, 0.717) is 0 Å². The molecule has 3 heterocycles. The number of anilines is 2. The first kappa shape index (κ1) is 20.1. The molecule has 1 aromatic heterocycles. The number of amidine groups is 1. The molecule has 0 saturated carbocycles. The van der Waals surface area contributed by atoms with Crippen LogP contribution in [0.5, 0.6) is 0 Å². The van der Waals surface area contributed by atoms with Crippen molar-refractivity contribution in [2.75, 3.05) is 36.5 Å². The van der Waals surface area contributed by atoms with Gasteiger partial charge in [-0.25, -0.2) is 4.99 Å². The van der Waals surface area contributed by atoms with E-state index in [1.54, 1.807) is 6.20 Å². The summed E-state index contributed by atoms with van der Waals surface area (Å²) < 4.78 is 5.45. The smallest absolute Gasteiger partial charge is 0.114 e. The van der Waals surface area contributed by atoms with Crippen LogP contribution in [0.1, 0.15) is 12.5 Å². The molecule has 2 aliphatic heterocycles. The van der Waals surface area contributed by atoms with Gasteiger partial charge in [-0.15, -0.1) is 6.58 Å². The van der Waals surface area contributed by atoms with Crippen molar-refractivity contribution in [1.82, 2.24) is 4.98 Å². The van der Waals surface area contributed by atoms with E-state index < -0.39 is 0 Å². The van der Waals surface area contributed by atoms with Crippen LogP contribution >= 0.6 is 0 Å². The van der Waals surface area contributed by atoms with Crippen LogP contribution in [0.3, 0.4) is 0 Å². The molecule has 1 aromatic carbocycles. The largest absolute Gasteiger partial charge is 0.378 e. The highest BCUT2D eigenvalue weighted by atomic mass is 16.5. The molecule has 0 amide bonds.